The zero-order chi connectivity index (χ0) is 8.85. The second-order valence-electron chi connectivity index (χ2n) is 2.64. The van der Waals surface area contributed by atoms with Gasteiger partial charge in [-0.1, -0.05) is 13.8 Å². The number of carbonyl (C=O) groups excluding carboxylic acids is 1. The molecule has 0 aliphatic heterocycles. The third kappa shape index (κ3) is 3.71. The van der Waals surface area contributed by atoms with Crippen LogP contribution in [0.15, 0.2) is 6.08 Å². The molecular weight excluding hydrogens is 142 g/mol. The summed E-state index contributed by atoms with van der Waals surface area (Å²) in [6, 6.07) is -0.546. The van der Waals surface area contributed by atoms with Gasteiger partial charge < -0.3 is 10.5 Å². The van der Waals surface area contributed by atoms with Crippen molar-refractivity contribution in [3.8, 4) is 0 Å². The number of carbonyl (C=O) groups is 1. The molecular formula is C8H14NO2+. The lowest BCUT2D eigenvalue weighted by Crippen LogP contribution is -2.36. The van der Waals surface area contributed by atoms with Crippen LogP contribution in [-0.4, -0.2) is 18.6 Å². The van der Waals surface area contributed by atoms with E-state index in [-0.39, 0.29) is 12.5 Å². The van der Waals surface area contributed by atoms with E-state index >= 15 is 0 Å². The average Bonchev–Trinajstić information content (AvgIpc) is 1.98. The highest BCUT2D eigenvalue weighted by atomic mass is 16.5. The lowest BCUT2D eigenvalue weighted by Gasteiger charge is -2.12. The van der Waals surface area contributed by atoms with Crippen LogP contribution in [0.3, 0.4) is 0 Å². The van der Waals surface area contributed by atoms with Crippen molar-refractivity contribution in [1.29, 1.82) is 0 Å². The van der Waals surface area contributed by atoms with Crippen LogP contribution >= 0.6 is 0 Å². The topological polar surface area (TPSA) is 52.3 Å². The molecule has 1 atom stereocenters. The minimum atomic E-state index is -0.546. The highest BCUT2D eigenvalue weighted by Gasteiger charge is 2.18. The fourth-order valence-corrected chi connectivity index (χ4v) is 0.499. The maximum Gasteiger partial charge on any atom is 0.323 e. The molecule has 0 bridgehead atoms. The molecule has 3 nitrogen and oxygen atoms in total. The highest BCUT2D eigenvalue weighted by Crippen LogP contribution is 1.99. The van der Waals surface area contributed by atoms with Crippen molar-refractivity contribution in [2.45, 2.75) is 19.9 Å². The van der Waals surface area contributed by atoms with Gasteiger partial charge >= 0.3 is 5.97 Å². The molecule has 2 N–H and O–H groups in total. The second kappa shape index (κ2) is 4.83. The van der Waals surface area contributed by atoms with Crippen LogP contribution in [0.2, 0.25) is 0 Å². The number of hydrogen-bond donors (Lipinski definition) is 1. The number of esters is 1. The molecule has 3 heteroatoms. The van der Waals surface area contributed by atoms with E-state index in [0.717, 1.165) is 0 Å². The number of hydrogen-bond acceptors (Lipinski definition) is 3. The van der Waals surface area contributed by atoms with Gasteiger partial charge in [-0.2, -0.15) is 0 Å². The Kier molecular flexibility index (Phi) is 4.42. The minimum Gasteiger partial charge on any atom is -0.455 e. The molecule has 0 fully saturated rings. The van der Waals surface area contributed by atoms with E-state index in [0.29, 0.717) is 0 Å². The van der Waals surface area contributed by atoms with Crippen LogP contribution in [0, 0.1) is 12.5 Å². The normalized spacial score (nSPS) is 12.6. The molecule has 0 aromatic carbocycles. The minimum absolute atomic E-state index is 0.0975. The standard InChI is InChI=1S/C8H14NO2/c1-4-5-11-8(10)7(9)6(2)3/h1,4,6-7H,5,9H2,2-3H3/q+1/t7-/m0/s1. The molecule has 0 aliphatic carbocycles. The zero-order valence-electron chi connectivity index (χ0n) is 6.91. The van der Waals surface area contributed by atoms with E-state index in [1.54, 1.807) is 0 Å². The van der Waals surface area contributed by atoms with Crippen LogP contribution in [0.5, 0.6) is 0 Å². The first kappa shape index (κ1) is 10.1. The summed E-state index contributed by atoms with van der Waals surface area (Å²) < 4.78 is 4.67. The molecule has 0 saturated carbocycles. The molecule has 11 heavy (non-hydrogen) atoms. The van der Waals surface area contributed by atoms with Gasteiger partial charge in [0.15, 0.2) is 12.7 Å². The molecule has 0 spiro atoms. The van der Waals surface area contributed by atoms with Crippen LogP contribution in [0.1, 0.15) is 13.8 Å². The van der Waals surface area contributed by atoms with Crippen molar-refractivity contribution in [3.63, 3.8) is 0 Å². The molecule has 62 valence electrons. The summed E-state index contributed by atoms with van der Waals surface area (Å²) in [5, 5.41) is 0. The first-order valence-corrected chi connectivity index (χ1v) is 3.55. The van der Waals surface area contributed by atoms with Crippen molar-refractivity contribution in [2.24, 2.45) is 11.7 Å². The Morgan fingerprint density at radius 2 is 2.27 bits per heavy atom. The van der Waals surface area contributed by atoms with Crippen molar-refractivity contribution in [1.82, 2.24) is 0 Å². The Hall–Kier alpha value is -0.920. The van der Waals surface area contributed by atoms with E-state index < -0.39 is 12.0 Å². The Bertz CT molecular complexity index is 143. The first-order chi connectivity index (χ1) is 5.09. The van der Waals surface area contributed by atoms with Gasteiger partial charge in [-0.25, -0.2) is 0 Å². The molecule has 0 unspecified atom stereocenters. The second-order valence-corrected chi connectivity index (χ2v) is 2.64. The summed E-state index contributed by atoms with van der Waals surface area (Å²) in [7, 11) is 0. The summed E-state index contributed by atoms with van der Waals surface area (Å²) >= 11 is 0. The van der Waals surface area contributed by atoms with E-state index in [2.05, 4.69) is 4.74 Å². The predicted octanol–water partition coefficient (Wildman–Crippen LogP) is 0.502. The molecule has 0 amide bonds. The molecule has 0 saturated heterocycles. The zero-order valence-corrected chi connectivity index (χ0v) is 6.91. The van der Waals surface area contributed by atoms with Crippen LogP contribution in [0.25, 0.3) is 0 Å². The van der Waals surface area contributed by atoms with E-state index in [1.807, 2.05) is 13.8 Å². The molecule has 0 aromatic heterocycles. The van der Waals surface area contributed by atoms with Gasteiger partial charge in [0.05, 0.1) is 0 Å². The third-order valence-electron chi connectivity index (χ3n) is 1.31. The highest BCUT2D eigenvalue weighted by molar-refractivity contribution is 5.75. The van der Waals surface area contributed by atoms with Crippen molar-refractivity contribution in [2.75, 3.05) is 6.61 Å². The van der Waals surface area contributed by atoms with Gasteiger partial charge in [0.1, 0.15) is 6.04 Å². The summed E-state index contributed by atoms with van der Waals surface area (Å²) in [6.45, 7) is 8.85. The van der Waals surface area contributed by atoms with E-state index in [4.69, 9.17) is 12.3 Å². The maximum absolute atomic E-state index is 10.9. The maximum atomic E-state index is 10.9. The van der Waals surface area contributed by atoms with Gasteiger partial charge in [0.2, 0.25) is 6.58 Å². The number of ether oxygens (including phenoxy) is 1. The smallest absolute Gasteiger partial charge is 0.323 e. The average molecular weight is 156 g/mol. The number of nitrogens with two attached hydrogens (primary N) is 1. The van der Waals surface area contributed by atoms with Crippen LogP contribution in [-0.2, 0) is 9.53 Å². The van der Waals surface area contributed by atoms with Crippen molar-refractivity contribution in [3.05, 3.63) is 12.7 Å². The fourth-order valence-electron chi connectivity index (χ4n) is 0.499. The van der Waals surface area contributed by atoms with Crippen molar-refractivity contribution >= 4 is 5.97 Å². The Morgan fingerprint density at radius 3 is 2.64 bits per heavy atom. The lowest BCUT2D eigenvalue weighted by atomic mass is 10.1. The van der Waals surface area contributed by atoms with Crippen molar-refractivity contribution < 1.29 is 9.53 Å². The SMILES string of the molecule is [CH+]=CCOC(=O)[C@@H](N)C(C)C. The van der Waals surface area contributed by atoms with Crippen LogP contribution in [0.4, 0.5) is 0 Å². The fraction of sp³-hybridized carbons (Fsp3) is 0.625. The summed E-state index contributed by atoms with van der Waals surface area (Å²) in [4.78, 5) is 10.9. The Balaban J connectivity index is 3.73. The third-order valence-corrected chi connectivity index (χ3v) is 1.31. The van der Waals surface area contributed by atoms with Gasteiger partial charge in [0, 0.05) is 0 Å². The van der Waals surface area contributed by atoms with Gasteiger partial charge in [-0.05, 0) is 5.92 Å². The molecule has 0 aliphatic rings. The summed E-state index contributed by atoms with van der Waals surface area (Å²) in [5.41, 5.74) is 5.47. The first-order valence-electron chi connectivity index (χ1n) is 3.55. The largest absolute Gasteiger partial charge is 0.455 e. The lowest BCUT2D eigenvalue weighted by molar-refractivity contribution is -0.145. The van der Waals surface area contributed by atoms with Gasteiger partial charge in [-0.15, -0.1) is 0 Å². The van der Waals surface area contributed by atoms with E-state index in [1.165, 1.54) is 6.08 Å². The summed E-state index contributed by atoms with van der Waals surface area (Å²) in [6.07, 6.45) is 1.27. The summed E-state index contributed by atoms with van der Waals surface area (Å²) in [5.74, 6) is -0.304. The van der Waals surface area contributed by atoms with Crippen LogP contribution < -0.4 is 5.73 Å². The molecule has 0 radical (unpaired) electrons. The quantitative estimate of drug-likeness (QED) is 0.476. The molecule has 0 heterocycles. The molecule has 0 rings (SSSR count). The Labute approximate surface area is 67.2 Å². The molecule has 0 aromatic rings. The number of rotatable bonds is 4. The predicted molar refractivity (Wildman–Crippen MR) is 42.6 cm³/mol. The van der Waals surface area contributed by atoms with Gasteiger partial charge in [0.25, 0.3) is 0 Å². The van der Waals surface area contributed by atoms with E-state index in [9.17, 15) is 4.79 Å². The Morgan fingerprint density at radius 1 is 1.73 bits per heavy atom. The van der Waals surface area contributed by atoms with Gasteiger partial charge in [-0.3, -0.25) is 4.79 Å². The monoisotopic (exact) mass is 156 g/mol.